The largest absolute Gasteiger partial charge is 0.491 e. The lowest BCUT2D eigenvalue weighted by molar-refractivity contribution is 0.242. The van der Waals surface area contributed by atoms with E-state index in [0.29, 0.717) is 16.3 Å². The molecule has 344 valence electrons. The predicted molar refractivity (Wildman–Crippen MR) is 277 cm³/mol. The molecular formula is C56H58BNO6S3. The van der Waals surface area contributed by atoms with Gasteiger partial charge in [0.25, 0.3) is 0 Å². The van der Waals surface area contributed by atoms with Crippen LogP contribution in [0.1, 0.15) is 92.0 Å². The summed E-state index contributed by atoms with van der Waals surface area (Å²) in [6.07, 6.45) is 2.26. The highest BCUT2D eigenvalue weighted by Gasteiger charge is 2.20. The third-order valence-corrected chi connectivity index (χ3v) is 15.3. The zero-order chi connectivity index (χ0) is 47.7. The Kier molecular flexibility index (Phi) is 16.6. The van der Waals surface area contributed by atoms with Gasteiger partial charge in [-0.2, -0.15) is 0 Å². The van der Waals surface area contributed by atoms with E-state index >= 15 is 0 Å². The molecule has 0 aromatic heterocycles. The summed E-state index contributed by atoms with van der Waals surface area (Å²) in [5.74, 6) is 1.81. The molecule has 2 aliphatic heterocycles. The topological polar surface area (TPSA) is 105 Å². The summed E-state index contributed by atoms with van der Waals surface area (Å²) in [7, 11) is -4.84. The number of ether oxygens (including phenoxy) is 2. The molecule has 1 atom stereocenters. The van der Waals surface area contributed by atoms with E-state index in [4.69, 9.17) is 19.5 Å². The summed E-state index contributed by atoms with van der Waals surface area (Å²) >= 11 is 3.67. The van der Waals surface area contributed by atoms with Crippen LogP contribution in [0.2, 0.25) is 0 Å². The summed E-state index contributed by atoms with van der Waals surface area (Å²) in [6, 6.07) is 52.5. The van der Waals surface area contributed by atoms with Gasteiger partial charge in [-0.1, -0.05) is 127 Å². The monoisotopic (exact) mass is 947 g/mol. The highest BCUT2D eigenvalue weighted by atomic mass is 32.2. The van der Waals surface area contributed by atoms with Crippen molar-refractivity contribution >= 4 is 51.7 Å². The van der Waals surface area contributed by atoms with Crippen LogP contribution in [-0.2, 0) is 22.7 Å². The van der Waals surface area contributed by atoms with Gasteiger partial charge in [-0.25, -0.2) is 8.42 Å². The minimum Gasteiger partial charge on any atom is -0.491 e. The molecule has 2 heterocycles. The Balaban J connectivity index is 0.000000159. The van der Waals surface area contributed by atoms with E-state index in [1.54, 1.807) is 48.2 Å². The number of hydrogen-bond acceptors (Lipinski definition) is 9. The average Bonchev–Trinajstić information content (AvgIpc) is 3.32. The van der Waals surface area contributed by atoms with Gasteiger partial charge in [-0.05, 0) is 166 Å². The van der Waals surface area contributed by atoms with Crippen molar-refractivity contribution in [3.8, 4) is 11.5 Å². The SMILES string of the molecule is CC(=NCS(=O)(=O)c1ccc(C)cc1)c1ccc2c(c1)Cc1ccccc1S2.CC(C)Oc1ccc(B(O)O)cc1.CC(C)Oc1ccc(C(C)c2ccc3c(c2)Cc2ccccc2S3)cc1. The summed E-state index contributed by atoms with van der Waals surface area (Å²) in [5, 5.41) is 17.6. The molecule has 0 spiro atoms. The van der Waals surface area contributed by atoms with Gasteiger partial charge in [0, 0.05) is 31.2 Å². The number of benzene rings is 7. The van der Waals surface area contributed by atoms with E-state index in [0.717, 1.165) is 41.2 Å². The molecule has 0 aliphatic carbocycles. The number of fused-ring (bicyclic) bond motifs is 4. The fourth-order valence-corrected chi connectivity index (χ4v) is 10.8. The maximum Gasteiger partial charge on any atom is 0.488 e. The van der Waals surface area contributed by atoms with Gasteiger partial charge in [-0.3, -0.25) is 4.99 Å². The van der Waals surface area contributed by atoms with Crippen LogP contribution in [0.25, 0.3) is 0 Å². The van der Waals surface area contributed by atoms with Crippen LogP contribution in [0.15, 0.2) is 187 Å². The molecule has 0 saturated heterocycles. The molecule has 0 fully saturated rings. The lowest BCUT2D eigenvalue weighted by Crippen LogP contribution is -2.29. The van der Waals surface area contributed by atoms with Crippen molar-refractivity contribution < 1.29 is 27.9 Å². The second-order valence-electron chi connectivity index (χ2n) is 17.3. The summed E-state index contributed by atoms with van der Waals surface area (Å²) in [6.45, 7) is 14.1. The summed E-state index contributed by atoms with van der Waals surface area (Å²) in [4.78, 5) is 10.0. The fourth-order valence-electron chi connectivity index (χ4n) is 7.68. The van der Waals surface area contributed by atoms with Gasteiger partial charge in [0.15, 0.2) is 9.84 Å². The third-order valence-electron chi connectivity index (χ3n) is 11.4. The summed E-state index contributed by atoms with van der Waals surface area (Å²) in [5.41, 5.74) is 11.4. The van der Waals surface area contributed by atoms with Crippen LogP contribution >= 0.6 is 23.5 Å². The Labute approximate surface area is 405 Å². The first-order valence-electron chi connectivity index (χ1n) is 22.6. The van der Waals surface area contributed by atoms with E-state index in [2.05, 4.69) is 129 Å². The minimum absolute atomic E-state index is 0.130. The van der Waals surface area contributed by atoms with E-state index in [9.17, 15) is 8.42 Å². The number of aliphatic imine (C=N–C) groups is 1. The van der Waals surface area contributed by atoms with Crippen molar-refractivity contribution in [2.75, 3.05) is 5.88 Å². The number of aryl methyl sites for hydroxylation is 1. The van der Waals surface area contributed by atoms with Gasteiger partial charge in [-0.15, -0.1) is 0 Å². The van der Waals surface area contributed by atoms with Gasteiger partial charge in [0.05, 0.1) is 17.1 Å². The maximum absolute atomic E-state index is 12.5. The standard InChI is InChI=1S/C24H24OS.C23H21NO2S2.C9H13BO3/c1-16(2)25-22-11-8-18(9-12-22)17(3)19-10-13-24-21(14-19)15-20-6-4-5-7-23(20)26-24;1-16-7-10-21(11-8-16)28(25,26)15-24-17(2)18-9-12-23-20(13-18)14-19-5-3-4-6-22(19)27-23;1-7(2)13-9-5-3-8(4-6-9)10(11)12/h4-14,16-17H,15H2,1-3H3;3-13H,14-15H2,1-2H3;3-7,11-12H,1-2H3. The van der Waals surface area contributed by atoms with Gasteiger partial charge in [0.1, 0.15) is 17.4 Å². The van der Waals surface area contributed by atoms with Crippen molar-refractivity contribution in [1.29, 1.82) is 0 Å². The highest BCUT2D eigenvalue weighted by molar-refractivity contribution is 7.99. The first kappa shape index (κ1) is 49.4. The van der Waals surface area contributed by atoms with Crippen LogP contribution in [-0.4, -0.2) is 49.4 Å². The number of rotatable bonds is 11. The molecule has 9 rings (SSSR count). The summed E-state index contributed by atoms with van der Waals surface area (Å²) < 4.78 is 36.2. The Hall–Kier alpha value is -5.56. The van der Waals surface area contributed by atoms with Crippen molar-refractivity contribution in [2.24, 2.45) is 4.99 Å². The van der Waals surface area contributed by atoms with Gasteiger partial charge < -0.3 is 19.5 Å². The quantitative estimate of drug-likeness (QED) is 0.0976. The fraction of sp³-hybridized carbons (Fsp3) is 0.232. The third kappa shape index (κ3) is 13.3. The first-order valence-corrected chi connectivity index (χ1v) is 25.9. The normalized spacial score (nSPS) is 13.1. The van der Waals surface area contributed by atoms with Gasteiger partial charge in [0.2, 0.25) is 0 Å². The van der Waals surface area contributed by atoms with Crippen LogP contribution in [0.3, 0.4) is 0 Å². The Bertz CT molecular complexity index is 2920. The Morgan fingerprint density at radius 1 is 0.597 bits per heavy atom. The first-order chi connectivity index (χ1) is 32.1. The zero-order valence-electron chi connectivity index (χ0n) is 39.1. The molecule has 0 saturated carbocycles. The lowest BCUT2D eigenvalue weighted by atomic mass is 9.80. The molecule has 0 amide bonds. The minimum atomic E-state index is -3.43. The van der Waals surface area contributed by atoms with Crippen LogP contribution in [0, 0.1) is 6.92 Å². The molecular weight excluding hydrogens is 890 g/mol. The number of sulfone groups is 1. The van der Waals surface area contributed by atoms with Crippen molar-refractivity contribution in [2.45, 2.75) is 104 Å². The van der Waals surface area contributed by atoms with E-state index < -0.39 is 17.0 Å². The molecule has 2 N–H and O–H groups in total. The Morgan fingerprint density at radius 3 is 1.61 bits per heavy atom. The zero-order valence-corrected chi connectivity index (χ0v) is 41.6. The average molecular weight is 948 g/mol. The van der Waals surface area contributed by atoms with Crippen molar-refractivity contribution in [1.82, 2.24) is 0 Å². The van der Waals surface area contributed by atoms with E-state index in [1.165, 1.54) is 53.0 Å². The van der Waals surface area contributed by atoms with E-state index in [-0.39, 0.29) is 18.1 Å². The molecule has 7 nitrogen and oxygen atoms in total. The second-order valence-corrected chi connectivity index (χ2v) is 21.5. The molecule has 1 unspecified atom stereocenters. The molecule has 7 aromatic rings. The molecule has 11 heteroatoms. The van der Waals surface area contributed by atoms with Crippen LogP contribution in [0.4, 0.5) is 0 Å². The molecule has 67 heavy (non-hydrogen) atoms. The van der Waals surface area contributed by atoms with Gasteiger partial charge >= 0.3 is 7.12 Å². The van der Waals surface area contributed by atoms with Crippen molar-refractivity contribution in [3.63, 3.8) is 0 Å². The number of hydrogen-bond donors (Lipinski definition) is 2. The van der Waals surface area contributed by atoms with Crippen LogP contribution < -0.4 is 14.9 Å². The maximum atomic E-state index is 12.5. The smallest absolute Gasteiger partial charge is 0.488 e. The highest BCUT2D eigenvalue weighted by Crippen LogP contribution is 2.42. The predicted octanol–water partition coefficient (Wildman–Crippen LogP) is 12.1. The molecule has 7 aromatic carbocycles. The number of nitrogens with zero attached hydrogens (tertiary/aromatic N) is 1. The second kappa shape index (κ2) is 22.5. The lowest BCUT2D eigenvalue weighted by Gasteiger charge is -2.21. The van der Waals surface area contributed by atoms with Crippen molar-refractivity contribution in [3.05, 3.63) is 202 Å². The molecule has 2 aliphatic rings. The van der Waals surface area contributed by atoms with Crippen LogP contribution in [0.5, 0.6) is 11.5 Å². The Morgan fingerprint density at radius 2 is 1.07 bits per heavy atom. The van der Waals surface area contributed by atoms with E-state index in [1.807, 2.05) is 57.7 Å². The molecule has 0 radical (unpaired) electrons. The molecule has 0 bridgehead atoms.